The van der Waals surface area contributed by atoms with Crippen LogP contribution >= 0.6 is 11.3 Å². The lowest BCUT2D eigenvalue weighted by Crippen LogP contribution is -2.43. The predicted molar refractivity (Wildman–Crippen MR) is 98.8 cm³/mol. The number of pyridine rings is 1. The minimum absolute atomic E-state index is 0.0358. The molecule has 3 heterocycles. The highest BCUT2D eigenvalue weighted by Crippen LogP contribution is 2.35. The standard InChI is InChI=1S/C19H24N4OS/c24-19(21-13-14-5-9-20-10-6-14)23-11-7-15(8-12-23)18-22-16-3-1-2-4-17(16)25-18/h5-6,9-10,15H,1-4,7-8,11-13H2,(H,21,24). The van der Waals surface area contributed by atoms with E-state index in [-0.39, 0.29) is 6.03 Å². The van der Waals surface area contributed by atoms with Crippen LogP contribution in [0.25, 0.3) is 0 Å². The van der Waals surface area contributed by atoms with Gasteiger partial charge in [0.25, 0.3) is 0 Å². The number of aryl methyl sites for hydroxylation is 2. The number of likely N-dealkylation sites (tertiary alicyclic amines) is 1. The van der Waals surface area contributed by atoms with Crippen molar-refractivity contribution < 1.29 is 4.79 Å². The third kappa shape index (κ3) is 3.84. The molecule has 1 saturated heterocycles. The second-order valence-electron chi connectivity index (χ2n) is 6.90. The number of hydrogen-bond donors (Lipinski definition) is 1. The zero-order valence-electron chi connectivity index (χ0n) is 14.4. The molecule has 0 radical (unpaired) electrons. The summed E-state index contributed by atoms with van der Waals surface area (Å²) in [5.41, 5.74) is 2.43. The second kappa shape index (κ2) is 7.52. The summed E-state index contributed by atoms with van der Waals surface area (Å²) >= 11 is 1.92. The normalized spacial score (nSPS) is 18.0. The maximum atomic E-state index is 12.4. The monoisotopic (exact) mass is 356 g/mol. The Labute approximate surface area is 152 Å². The van der Waals surface area contributed by atoms with Gasteiger partial charge in [-0.2, -0.15) is 0 Å². The Morgan fingerprint density at radius 1 is 1.20 bits per heavy atom. The van der Waals surface area contributed by atoms with Crippen LogP contribution in [0.3, 0.4) is 0 Å². The Kier molecular flexibility index (Phi) is 4.97. The SMILES string of the molecule is O=C(NCc1ccncc1)N1CCC(c2nc3c(s2)CCCC3)CC1. The van der Waals surface area contributed by atoms with Crippen LogP contribution in [0.2, 0.25) is 0 Å². The molecule has 1 aliphatic carbocycles. The van der Waals surface area contributed by atoms with Crippen LogP contribution in [0.5, 0.6) is 0 Å². The summed E-state index contributed by atoms with van der Waals surface area (Å²) in [6.45, 7) is 2.19. The molecule has 2 aliphatic rings. The highest BCUT2D eigenvalue weighted by molar-refractivity contribution is 7.11. The van der Waals surface area contributed by atoms with E-state index in [1.807, 2.05) is 28.4 Å². The minimum Gasteiger partial charge on any atom is -0.334 e. The number of amides is 2. The maximum absolute atomic E-state index is 12.4. The third-order valence-corrected chi connectivity index (χ3v) is 6.51. The van der Waals surface area contributed by atoms with Crippen molar-refractivity contribution >= 4 is 17.4 Å². The van der Waals surface area contributed by atoms with Crippen LogP contribution in [0.15, 0.2) is 24.5 Å². The number of nitrogens with one attached hydrogen (secondary N) is 1. The average Bonchev–Trinajstić information content (AvgIpc) is 3.11. The first kappa shape index (κ1) is 16.5. The van der Waals surface area contributed by atoms with Crippen molar-refractivity contribution in [2.24, 2.45) is 0 Å². The predicted octanol–water partition coefficient (Wildman–Crippen LogP) is 3.51. The lowest BCUT2D eigenvalue weighted by Gasteiger charge is -2.31. The number of fused-ring (bicyclic) bond motifs is 1. The average molecular weight is 356 g/mol. The molecule has 1 N–H and O–H groups in total. The number of thiazole rings is 1. The third-order valence-electron chi connectivity index (χ3n) is 5.19. The lowest BCUT2D eigenvalue weighted by molar-refractivity contribution is 0.181. The molecule has 0 unspecified atom stereocenters. The Morgan fingerprint density at radius 2 is 1.96 bits per heavy atom. The molecule has 132 valence electrons. The maximum Gasteiger partial charge on any atom is 0.317 e. The van der Waals surface area contributed by atoms with Gasteiger partial charge < -0.3 is 10.2 Å². The Morgan fingerprint density at radius 3 is 2.72 bits per heavy atom. The topological polar surface area (TPSA) is 58.1 Å². The van der Waals surface area contributed by atoms with Gasteiger partial charge in [0.1, 0.15) is 0 Å². The van der Waals surface area contributed by atoms with E-state index in [9.17, 15) is 4.79 Å². The quantitative estimate of drug-likeness (QED) is 0.916. The second-order valence-corrected chi connectivity index (χ2v) is 8.02. The van der Waals surface area contributed by atoms with Crippen LogP contribution in [0.4, 0.5) is 4.79 Å². The van der Waals surface area contributed by atoms with Gasteiger partial charge in [-0.15, -0.1) is 11.3 Å². The molecule has 2 amide bonds. The minimum atomic E-state index is 0.0358. The van der Waals surface area contributed by atoms with Crippen molar-refractivity contribution in [2.75, 3.05) is 13.1 Å². The van der Waals surface area contributed by atoms with E-state index in [1.165, 1.54) is 34.8 Å². The summed E-state index contributed by atoms with van der Waals surface area (Å²) in [6.07, 6.45) is 10.5. The van der Waals surface area contributed by atoms with Crippen molar-refractivity contribution in [1.82, 2.24) is 20.2 Å². The molecule has 4 rings (SSSR count). The Bertz CT molecular complexity index is 699. The van der Waals surface area contributed by atoms with Gasteiger partial charge in [-0.25, -0.2) is 9.78 Å². The highest BCUT2D eigenvalue weighted by Gasteiger charge is 2.27. The van der Waals surface area contributed by atoms with Crippen LogP contribution in [0.1, 0.15) is 52.7 Å². The zero-order valence-corrected chi connectivity index (χ0v) is 15.2. The van der Waals surface area contributed by atoms with Crippen LogP contribution in [-0.4, -0.2) is 34.0 Å². The summed E-state index contributed by atoms with van der Waals surface area (Å²) in [6, 6.07) is 3.89. The number of rotatable bonds is 3. The number of carbonyl (C=O) groups is 1. The number of aromatic nitrogens is 2. The van der Waals surface area contributed by atoms with Gasteiger partial charge in [-0.3, -0.25) is 4.98 Å². The number of hydrogen-bond acceptors (Lipinski definition) is 4. The first-order chi connectivity index (χ1) is 12.3. The van der Waals surface area contributed by atoms with E-state index in [2.05, 4.69) is 10.3 Å². The van der Waals surface area contributed by atoms with Gasteiger partial charge in [0.2, 0.25) is 0 Å². The van der Waals surface area contributed by atoms with Gasteiger partial charge in [0, 0.05) is 42.8 Å². The lowest BCUT2D eigenvalue weighted by atomic mass is 9.97. The largest absolute Gasteiger partial charge is 0.334 e. The van der Waals surface area contributed by atoms with Gasteiger partial charge in [0.15, 0.2) is 0 Å². The molecule has 2 aromatic rings. The molecule has 5 nitrogen and oxygen atoms in total. The summed E-state index contributed by atoms with van der Waals surface area (Å²) in [7, 11) is 0. The first-order valence-electron chi connectivity index (χ1n) is 9.20. The smallest absolute Gasteiger partial charge is 0.317 e. The molecule has 0 atom stereocenters. The number of piperidine rings is 1. The molecule has 1 fully saturated rings. The van der Waals surface area contributed by atoms with Crippen LogP contribution in [0, 0.1) is 0 Å². The number of nitrogens with zero attached hydrogens (tertiary/aromatic N) is 3. The summed E-state index contributed by atoms with van der Waals surface area (Å²) in [5, 5.41) is 4.32. The van der Waals surface area contributed by atoms with E-state index >= 15 is 0 Å². The van der Waals surface area contributed by atoms with E-state index in [4.69, 9.17) is 4.98 Å². The molecular formula is C19H24N4OS. The van der Waals surface area contributed by atoms with Crippen molar-refractivity contribution in [1.29, 1.82) is 0 Å². The fourth-order valence-corrected chi connectivity index (χ4v) is 4.99. The van der Waals surface area contributed by atoms with Gasteiger partial charge in [0.05, 0.1) is 10.7 Å². The van der Waals surface area contributed by atoms with Crippen molar-refractivity contribution in [2.45, 2.75) is 51.0 Å². The van der Waals surface area contributed by atoms with E-state index < -0.39 is 0 Å². The van der Waals surface area contributed by atoms with Crippen molar-refractivity contribution in [3.63, 3.8) is 0 Å². The Hall–Kier alpha value is -1.95. The van der Waals surface area contributed by atoms with Crippen LogP contribution in [-0.2, 0) is 19.4 Å². The van der Waals surface area contributed by atoms with Gasteiger partial charge >= 0.3 is 6.03 Å². The fourth-order valence-electron chi connectivity index (χ4n) is 3.67. The van der Waals surface area contributed by atoms with Gasteiger partial charge in [-0.05, 0) is 56.2 Å². The first-order valence-corrected chi connectivity index (χ1v) is 10.0. The molecule has 25 heavy (non-hydrogen) atoms. The molecular weight excluding hydrogens is 332 g/mol. The molecule has 1 aliphatic heterocycles. The highest BCUT2D eigenvalue weighted by atomic mass is 32.1. The van der Waals surface area contributed by atoms with Crippen LogP contribution < -0.4 is 5.32 Å². The number of urea groups is 1. The summed E-state index contributed by atoms with van der Waals surface area (Å²) < 4.78 is 0. The zero-order chi connectivity index (χ0) is 17.1. The molecule has 2 aromatic heterocycles. The molecule has 6 heteroatoms. The summed E-state index contributed by atoms with van der Waals surface area (Å²) in [4.78, 5) is 24.7. The molecule has 0 aromatic carbocycles. The van der Waals surface area contributed by atoms with E-state index in [0.29, 0.717) is 12.5 Å². The summed E-state index contributed by atoms with van der Waals surface area (Å²) in [5.74, 6) is 0.528. The number of carbonyl (C=O) groups excluding carboxylic acids is 1. The fraction of sp³-hybridized carbons (Fsp3) is 0.526. The van der Waals surface area contributed by atoms with E-state index in [0.717, 1.165) is 37.9 Å². The molecule has 0 spiro atoms. The Balaban J connectivity index is 1.29. The molecule has 0 saturated carbocycles. The van der Waals surface area contributed by atoms with Crippen molar-refractivity contribution in [3.05, 3.63) is 45.7 Å². The van der Waals surface area contributed by atoms with E-state index in [1.54, 1.807) is 12.4 Å². The van der Waals surface area contributed by atoms with Gasteiger partial charge in [-0.1, -0.05) is 0 Å². The van der Waals surface area contributed by atoms with Crippen molar-refractivity contribution in [3.8, 4) is 0 Å². The molecule has 0 bridgehead atoms.